The lowest BCUT2D eigenvalue weighted by atomic mass is 10.1. The van der Waals surface area contributed by atoms with Gasteiger partial charge in [-0.25, -0.2) is 4.79 Å². The maximum Gasteiger partial charge on any atom is 0.407 e. The summed E-state index contributed by atoms with van der Waals surface area (Å²) in [5.41, 5.74) is 0.772. The summed E-state index contributed by atoms with van der Waals surface area (Å²) in [6.07, 6.45) is 4.27. The molecule has 122 valence electrons. The Kier molecular flexibility index (Phi) is 4.22. The van der Waals surface area contributed by atoms with Crippen molar-refractivity contribution < 1.29 is 9.53 Å². The molecule has 5 heteroatoms. The van der Waals surface area contributed by atoms with Gasteiger partial charge in [-0.1, -0.05) is 12.1 Å². The highest BCUT2D eigenvalue weighted by Gasteiger charge is 2.38. The first-order chi connectivity index (χ1) is 10.9. The van der Waals surface area contributed by atoms with E-state index in [1.165, 1.54) is 10.9 Å². The Morgan fingerprint density at radius 3 is 2.87 bits per heavy atom. The van der Waals surface area contributed by atoms with Crippen LogP contribution in [0.1, 0.15) is 32.8 Å². The van der Waals surface area contributed by atoms with Crippen molar-refractivity contribution >= 4 is 16.9 Å². The first-order valence-corrected chi connectivity index (χ1v) is 7.96. The number of fused-ring (bicyclic) bond motifs is 1. The lowest BCUT2D eigenvalue weighted by Crippen LogP contribution is -2.36. The molecule has 1 aromatic carbocycles. The van der Waals surface area contributed by atoms with Crippen molar-refractivity contribution in [2.24, 2.45) is 0 Å². The minimum absolute atomic E-state index is 0.162. The number of carbonyl (C=O) groups excluding carboxylic acids is 1. The van der Waals surface area contributed by atoms with Crippen LogP contribution in [-0.4, -0.2) is 28.8 Å². The molecule has 2 unspecified atom stereocenters. The van der Waals surface area contributed by atoms with Crippen LogP contribution >= 0.6 is 0 Å². The number of nitrogens with one attached hydrogen (secondary N) is 2. The summed E-state index contributed by atoms with van der Waals surface area (Å²) in [5, 5.41) is 8.70. The highest BCUT2D eigenvalue weighted by atomic mass is 16.6. The Morgan fingerprint density at radius 1 is 1.26 bits per heavy atom. The third kappa shape index (κ3) is 4.42. The molecule has 1 amide bonds. The van der Waals surface area contributed by atoms with Crippen LogP contribution < -0.4 is 10.6 Å². The molecule has 3 rings (SSSR count). The number of hydrogen-bond acceptors (Lipinski definition) is 4. The van der Waals surface area contributed by atoms with E-state index in [0.717, 1.165) is 18.4 Å². The van der Waals surface area contributed by atoms with Crippen LogP contribution in [0.5, 0.6) is 0 Å². The SMILES string of the molecule is CC(C)(C)OC(=O)NC1CC1NCc1ccc2cnccc2c1. The molecule has 2 atom stereocenters. The average Bonchev–Trinajstić information content (AvgIpc) is 3.20. The van der Waals surface area contributed by atoms with Crippen LogP contribution in [-0.2, 0) is 11.3 Å². The zero-order valence-corrected chi connectivity index (χ0v) is 13.8. The molecule has 5 nitrogen and oxygen atoms in total. The van der Waals surface area contributed by atoms with Crippen LogP contribution in [0.2, 0.25) is 0 Å². The van der Waals surface area contributed by atoms with Gasteiger partial charge in [0.15, 0.2) is 0 Å². The van der Waals surface area contributed by atoms with Gasteiger partial charge in [-0.2, -0.15) is 0 Å². The van der Waals surface area contributed by atoms with Gasteiger partial charge in [0, 0.05) is 36.4 Å². The van der Waals surface area contributed by atoms with Crippen LogP contribution in [0, 0.1) is 0 Å². The quantitative estimate of drug-likeness (QED) is 0.911. The molecule has 1 aliphatic carbocycles. The Hall–Kier alpha value is -2.14. The largest absolute Gasteiger partial charge is 0.444 e. The fourth-order valence-corrected chi connectivity index (χ4v) is 2.53. The van der Waals surface area contributed by atoms with E-state index >= 15 is 0 Å². The predicted octanol–water partition coefficient (Wildman–Crippen LogP) is 2.99. The van der Waals surface area contributed by atoms with E-state index in [0.29, 0.717) is 6.04 Å². The summed E-state index contributed by atoms with van der Waals surface area (Å²) in [6, 6.07) is 8.86. The summed E-state index contributed by atoms with van der Waals surface area (Å²) >= 11 is 0. The minimum Gasteiger partial charge on any atom is -0.444 e. The first-order valence-electron chi connectivity index (χ1n) is 7.96. The van der Waals surface area contributed by atoms with Gasteiger partial charge in [-0.3, -0.25) is 4.98 Å². The summed E-state index contributed by atoms with van der Waals surface area (Å²) in [7, 11) is 0. The molecule has 2 N–H and O–H groups in total. The molecule has 0 saturated heterocycles. The van der Waals surface area contributed by atoms with Gasteiger partial charge in [0.2, 0.25) is 0 Å². The lowest BCUT2D eigenvalue weighted by molar-refractivity contribution is 0.0522. The van der Waals surface area contributed by atoms with E-state index < -0.39 is 5.60 Å². The Labute approximate surface area is 136 Å². The van der Waals surface area contributed by atoms with Gasteiger partial charge in [0.1, 0.15) is 5.60 Å². The number of ether oxygens (including phenoxy) is 1. The van der Waals surface area contributed by atoms with Gasteiger partial charge >= 0.3 is 6.09 Å². The van der Waals surface area contributed by atoms with Crippen molar-refractivity contribution in [2.45, 2.75) is 51.4 Å². The van der Waals surface area contributed by atoms with Crippen molar-refractivity contribution in [1.29, 1.82) is 0 Å². The maximum absolute atomic E-state index is 11.7. The fourth-order valence-electron chi connectivity index (χ4n) is 2.53. The number of alkyl carbamates (subject to hydrolysis) is 1. The Bertz CT molecular complexity index is 709. The van der Waals surface area contributed by atoms with Crippen molar-refractivity contribution in [3.8, 4) is 0 Å². The number of benzene rings is 1. The molecule has 0 spiro atoms. The van der Waals surface area contributed by atoms with Crippen molar-refractivity contribution in [2.75, 3.05) is 0 Å². The Balaban J connectivity index is 1.47. The van der Waals surface area contributed by atoms with Gasteiger partial charge < -0.3 is 15.4 Å². The van der Waals surface area contributed by atoms with Crippen molar-refractivity contribution in [3.05, 3.63) is 42.2 Å². The third-order valence-corrected chi connectivity index (χ3v) is 3.77. The monoisotopic (exact) mass is 313 g/mol. The van der Waals surface area contributed by atoms with Crippen LogP contribution in [0.4, 0.5) is 4.79 Å². The number of rotatable bonds is 4. The van der Waals surface area contributed by atoms with E-state index in [9.17, 15) is 4.79 Å². The first kappa shape index (κ1) is 15.7. The number of nitrogens with zero attached hydrogens (tertiary/aromatic N) is 1. The number of pyridine rings is 1. The molecule has 23 heavy (non-hydrogen) atoms. The van der Waals surface area contributed by atoms with E-state index in [1.54, 1.807) is 6.20 Å². The smallest absolute Gasteiger partial charge is 0.407 e. The molecule has 0 bridgehead atoms. The van der Waals surface area contributed by atoms with Crippen LogP contribution in [0.15, 0.2) is 36.7 Å². The van der Waals surface area contributed by atoms with Gasteiger partial charge in [0.25, 0.3) is 0 Å². The highest BCUT2D eigenvalue weighted by Crippen LogP contribution is 2.23. The summed E-state index contributed by atoms with van der Waals surface area (Å²) in [6.45, 7) is 6.38. The molecule has 2 aromatic rings. The van der Waals surface area contributed by atoms with Crippen molar-refractivity contribution in [1.82, 2.24) is 15.6 Å². The number of amides is 1. The molecule has 0 radical (unpaired) electrons. The topological polar surface area (TPSA) is 63.2 Å². The standard InChI is InChI=1S/C18H23N3O2/c1-18(2,3)23-17(22)21-16-9-15(16)20-10-12-4-5-14-11-19-7-6-13(14)8-12/h4-8,11,15-16,20H,9-10H2,1-3H3,(H,21,22). The van der Waals surface area contributed by atoms with Crippen molar-refractivity contribution in [3.63, 3.8) is 0 Å². The fraction of sp³-hybridized carbons (Fsp3) is 0.444. The van der Waals surface area contributed by atoms with Crippen LogP contribution in [0.25, 0.3) is 10.8 Å². The third-order valence-electron chi connectivity index (χ3n) is 3.77. The normalized spacial score (nSPS) is 20.3. The number of hydrogen-bond donors (Lipinski definition) is 2. The van der Waals surface area contributed by atoms with E-state index in [2.05, 4.69) is 33.8 Å². The minimum atomic E-state index is -0.456. The summed E-state index contributed by atoms with van der Waals surface area (Å²) in [4.78, 5) is 15.8. The van der Waals surface area contributed by atoms with Crippen LogP contribution in [0.3, 0.4) is 0 Å². The average molecular weight is 313 g/mol. The molecule has 1 aliphatic rings. The van der Waals surface area contributed by atoms with E-state index in [4.69, 9.17) is 4.74 Å². The molecule has 1 aromatic heterocycles. The molecular weight excluding hydrogens is 290 g/mol. The second-order valence-electron chi connectivity index (χ2n) is 7.03. The zero-order chi connectivity index (χ0) is 16.4. The molecule has 1 saturated carbocycles. The van der Waals surface area contributed by atoms with Gasteiger partial charge in [-0.05, 0) is 50.3 Å². The zero-order valence-electron chi connectivity index (χ0n) is 13.8. The number of aromatic nitrogens is 1. The maximum atomic E-state index is 11.7. The van der Waals surface area contributed by atoms with Gasteiger partial charge in [-0.15, -0.1) is 0 Å². The Morgan fingerprint density at radius 2 is 2.09 bits per heavy atom. The second-order valence-corrected chi connectivity index (χ2v) is 7.03. The molecule has 0 aliphatic heterocycles. The summed E-state index contributed by atoms with van der Waals surface area (Å²) in [5.74, 6) is 0. The molecular formula is C18H23N3O2. The van der Waals surface area contributed by atoms with E-state index in [-0.39, 0.29) is 12.1 Å². The van der Waals surface area contributed by atoms with Gasteiger partial charge in [0.05, 0.1) is 0 Å². The highest BCUT2D eigenvalue weighted by molar-refractivity contribution is 5.82. The predicted molar refractivity (Wildman–Crippen MR) is 90.1 cm³/mol. The molecule has 1 heterocycles. The molecule has 1 fully saturated rings. The lowest BCUT2D eigenvalue weighted by Gasteiger charge is -2.19. The number of carbonyl (C=O) groups is 1. The summed E-state index contributed by atoms with van der Waals surface area (Å²) < 4.78 is 5.26. The second kappa shape index (κ2) is 6.16. The van der Waals surface area contributed by atoms with E-state index in [1.807, 2.05) is 33.0 Å².